The van der Waals surface area contributed by atoms with E-state index in [4.69, 9.17) is 0 Å². The van der Waals surface area contributed by atoms with Gasteiger partial charge in [-0.25, -0.2) is 0 Å². The Kier molecular flexibility index (Phi) is 2.93. The molecule has 1 unspecified atom stereocenters. The minimum atomic E-state index is -1.05. The molecule has 0 amide bonds. The second-order valence-electron chi connectivity index (χ2n) is 3.93. The largest absolute Gasteiger partial charge is 0.367 e. The fourth-order valence-corrected chi connectivity index (χ4v) is 1.64. The van der Waals surface area contributed by atoms with E-state index in [1.165, 1.54) is 0 Å². The molecule has 0 aliphatic carbocycles. The van der Waals surface area contributed by atoms with Gasteiger partial charge in [0.05, 0.1) is 0 Å². The summed E-state index contributed by atoms with van der Waals surface area (Å²) in [4.78, 5) is 0. The molecule has 0 aliphatic rings. The third kappa shape index (κ3) is 2.41. The van der Waals surface area contributed by atoms with Crippen LogP contribution in [0, 0.1) is 0 Å². The Hall–Kier alpha value is -1.80. The van der Waals surface area contributed by atoms with Gasteiger partial charge in [-0.05, 0) is 19.1 Å². The summed E-state index contributed by atoms with van der Waals surface area (Å²) in [7, 11) is 0. The SMILES string of the molecule is CC(O)(Nc1ccccc1)c1ccccc1. The summed E-state index contributed by atoms with van der Waals surface area (Å²) >= 11 is 0. The lowest BCUT2D eigenvalue weighted by Crippen LogP contribution is -2.31. The van der Waals surface area contributed by atoms with Gasteiger partial charge in [-0.1, -0.05) is 48.5 Å². The van der Waals surface area contributed by atoms with Gasteiger partial charge in [0.25, 0.3) is 0 Å². The lowest BCUT2D eigenvalue weighted by atomic mass is 10.0. The van der Waals surface area contributed by atoms with Crippen LogP contribution in [-0.2, 0) is 5.72 Å². The van der Waals surface area contributed by atoms with Crippen molar-refractivity contribution in [2.45, 2.75) is 12.6 Å². The van der Waals surface area contributed by atoms with Crippen molar-refractivity contribution in [3.8, 4) is 0 Å². The second kappa shape index (κ2) is 4.37. The smallest absolute Gasteiger partial charge is 0.159 e. The lowest BCUT2D eigenvalue weighted by Gasteiger charge is -2.26. The van der Waals surface area contributed by atoms with Gasteiger partial charge < -0.3 is 10.4 Å². The maximum Gasteiger partial charge on any atom is 0.159 e. The summed E-state index contributed by atoms with van der Waals surface area (Å²) in [5.74, 6) is 0. The predicted molar refractivity (Wildman–Crippen MR) is 66.1 cm³/mol. The van der Waals surface area contributed by atoms with Crippen LogP contribution in [0.1, 0.15) is 12.5 Å². The number of benzene rings is 2. The van der Waals surface area contributed by atoms with E-state index < -0.39 is 5.72 Å². The third-order valence-electron chi connectivity index (χ3n) is 2.50. The van der Waals surface area contributed by atoms with Crippen LogP contribution in [0.25, 0.3) is 0 Å². The molecular weight excluding hydrogens is 198 g/mol. The number of para-hydroxylation sites is 1. The molecule has 0 aliphatic heterocycles. The van der Waals surface area contributed by atoms with E-state index >= 15 is 0 Å². The quantitative estimate of drug-likeness (QED) is 0.768. The van der Waals surface area contributed by atoms with Crippen molar-refractivity contribution in [2.75, 3.05) is 5.32 Å². The average Bonchev–Trinajstić information content (AvgIpc) is 2.31. The van der Waals surface area contributed by atoms with Crippen LogP contribution in [0.4, 0.5) is 5.69 Å². The highest BCUT2D eigenvalue weighted by Gasteiger charge is 2.21. The van der Waals surface area contributed by atoms with Crippen LogP contribution in [0.15, 0.2) is 60.7 Å². The number of nitrogens with one attached hydrogen (secondary N) is 1. The molecule has 2 aromatic carbocycles. The van der Waals surface area contributed by atoms with Crippen molar-refractivity contribution in [2.24, 2.45) is 0 Å². The molecule has 2 heteroatoms. The Labute approximate surface area is 95.6 Å². The minimum Gasteiger partial charge on any atom is -0.367 e. The molecule has 0 saturated carbocycles. The first-order valence-corrected chi connectivity index (χ1v) is 5.29. The van der Waals surface area contributed by atoms with Gasteiger partial charge in [0, 0.05) is 11.3 Å². The lowest BCUT2D eigenvalue weighted by molar-refractivity contribution is 0.0888. The summed E-state index contributed by atoms with van der Waals surface area (Å²) < 4.78 is 0. The molecule has 2 nitrogen and oxygen atoms in total. The van der Waals surface area contributed by atoms with Crippen molar-refractivity contribution in [1.29, 1.82) is 0 Å². The highest BCUT2D eigenvalue weighted by atomic mass is 16.3. The van der Waals surface area contributed by atoms with Crippen LogP contribution in [0.5, 0.6) is 0 Å². The number of hydrogen-bond donors (Lipinski definition) is 2. The molecule has 2 N–H and O–H groups in total. The van der Waals surface area contributed by atoms with Crippen LogP contribution in [0.3, 0.4) is 0 Å². The standard InChI is InChI=1S/C14H15NO/c1-14(16,12-8-4-2-5-9-12)15-13-10-6-3-7-11-13/h2-11,15-16H,1H3. The second-order valence-corrected chi connectivity index (χ2v) is 3.93. The highest BCUT2D eigenvalue weighted by molar-refractivity contribution is 5.46. The minimum absolute atomic E-state index is 0.846. The van der Waals surface area contributed by atoms with E-state index in [0.717, 1.165) is 11.3 Å². The normalized spacial score (nSPS) is 14.1. The topological polar surface area (TPSA) is 32.3 Å². The molecule has 1 atom stereocenters. The van der Waals surface area contributed by atoms with E-state index in [1.54, 1.807) is 6.92 Å². The molecule has 16 heavy (non-hydrogen) atoms. The van der Waals surface area contributed by atoms with Gasteiger partial charge in [-0.3, -0.25) is 0 Å². The van der Waals surface area contributed by atoms with Crippen LogP contribution < -0.4 is 5.32 Å². The van der Waals surface area contributed by atoms with Crippen molar-refractivity contribution < 1.29 is 5.11 Å². The van der Waals surface area contributed by atoms with E-state index in [1.807, 2.05) is 60.7 Å². The van der Waals surface area contributed by atoms with E-state index in [2.05, 4.69) is 5.32 Å². The highest BCUT2D eigenvalue weighted by Crippen LogP contribution is 2.22. The Bertz CT molecular complexity index is 437. The molecule has 2 rings (SSSR count). The number of rotatable bonds is 3. The third-order valence-corrected chi connectivity index (χ3v) is 2.50. The zero-order valence-electron chi connectivity index (χ0n) is 9.22. The van der Waals surface area contributed by atoms with Gasteiger partial charge in [0.15, 0.2) is 5.72 Å². The van der Waals surface area contributed by atoms with E-state index in [0.29, 0.717) is 0 Å². The number of hydrogen-bond acceptors (Lipinski definition) is 2. The van der Waals surface area contributed by atoms with Crippen LogP contribution >= 0.6 is 0 Å². The van der Waals surface area contributed by atoms with Gasteiger partial charge in [-0.15, -0.1) is 0 Å². The first-order chi connectivity index (χ1) is 7.68. The fourth-order valence-electron chi connectivity index (χ4n) is 1.64. The van der Waals surface area contributed by atoms with E-state index in [9.17, 15) is 5.11 Å². The molecular formula is C14H15NO. The van der Waals surface area contributed by atoms with Crippen molar-refractivity contribution >= 4 is 5.69 Å². The van der Waals surface area contributed by atoms with Gasteiger partial charge in [0.1, 0.15) is 0 Å². The summed E-state index contributed by atoms with van der Waals surface area (Å²) in [6.07, 6.45) is 0. The maximum atomic E-state index is 10.3. The van der Waals surface area contributed by atoms with Gasteiger partial charge >= 0.3 is 0 Å². The van der Waals surface area contributed by atoms with Crippen molar-refractivity contribution in [3.05, 3.63) is 66.2 Å². The molecule has 0 saturated heterocycles. The molecule has 0 spiro atoms. The van der Waals surface area contributed by atoms with Gasteiger partial charge in [-0.2, -0.15) is 0 Å². The molecule has 0 radical (unpaired) electrons. The molecule has 0 bridgehead atoms. The predicted octanol–water partition coefficient (Wildman–Crippen LogP) is 2.96. The molecule has 0 aromatic heterocycles. The zero-order chi connectivity index (χ0) is 11.4. The maximum absolute atomic E-state index is 10.3. The number of anilines is 1. The first-order valence-electron chi connectivity index (χ1n) is 5.29. The summed E-state index contributed by atoms with van der Waals surface area (Å²) in [6.45, 7) is 1.75. The van der Waals surface area contributed by atoms with Crippen molar-refractivity contribution in [1.82, 2.24) is 0 Å². The monoisotopic (exact) mass is 213 g/mol. The summed E-state index contributed by atoms with van der Waals surface area (Å²) in [5.41, 5.74) is 0.693. The number of aliphatic hydroxyl groups is 1. The van der Waals surface area contributed by atoms with Crippen molar-refractivity contribution in [3.63, 3.8) is 0 Å². The van der Waals surface area contributed by atoms with Gasteiger partial charge in [0.2, 0.25) is 0 Å². The Morgan fingerprint density at radius 1 is 0.875 bits per heavy atom. The Morgan fingerprint density at radius 3 is 1.94 bits per heavy atom. The molecule has 0 fully saturated rings. The molecule has 82 valence electrons. The van der Waals surface area contributed by atoms with Crippen LogP contribution in [0.2, 0.25) is 0 Å². The molecule has 0 heterocycles. The first kappa shape index (κ1) is 10.7. The Balaban J connectivity index is 2.21. The fraction of sp³-hybridized carbons (Fsp3) is 0.143. The summed E-state index contributed by atoms with van der Waals surface area (Å²) in [5, 5.41) is 13.4. The Morgan fingerprint density at radius 2 is 1.38 bits per heavy atom. The molecule has 2 aromatic rings. The zero-order valence-corrected chi connectivity index (χ0v) is 9.22. The summed E-state index contributed by atoms with van der Waals surface area (Å²) in [6, 6.07) is 19.2. The average molecular weight is 213 g/mol. The van der Waals surface area contributed by atoms with Crippen LogP contribution in [-0.4, -0.2) is 5.11 Å². The van der Waals surface area contributed by atoms with E-state index in [-0.39, 0.29) is 0 Å².